The Bertz CT molecular complexity index is 770. The summed E-state index contributed by atoms with van der Waals surface area (Å²) in [5.41, 5.74) is 1.60. The molecule has 156 valence electrons. The second-order valence-corrected chi connectivity index (χ2v) is 8.10. The minimum Gasteiger partial charge on any atom is -0.447 e. The van der Waals surface area contributed by atoms with Crippen LogP contribution >= 0.6 is 11.8 Å². The molecule has 2 aromatic rings. The van der Waals surface area contributed by atoms with Crippen molar-refractivity contribution in [3.05, 3.63) is 59.8 Å². The summed E-state index contributed by atoms with van der Waals surface area (Å²) in [6.45, 7) is 6.25. The highest BCUT2D eigenvalue weighted by Gasteiger charge is 2.19. The Balaban J connectivity index is 1.37. The number of hydrogen-bond donors (Lipinski definition) is 1. The number of carbonyl (C=O) groups excluding carboxylic acids is 1. The topological polar surface area (TPSA) is 61.6 Å². The first-order valence-electron chi connectivity index (χ1n) is 10.1. The second kappa shape index (κ2) is 11.8. The molecular weight excluding hydrogens is 384 g/mol. The van der Waals surface area contributed by atoms with Crippen LogP contribution in [0, 0.1) is 0 Å². The number of carbonyl (C=O) groups is 1. The molecule has 0 aliphatic carbocycles. The zero-order chi connectivity index (χ0) is 20.3. The van der Waals surface area contributed by atoms with Crippen LogP contribution in [0.15, 0.2) is 47.1 Å². The van der Waals surface area contributed by atoms with Crippen LogP contribution in [0.2, 0.25) is 0 Å². The fourth-order valence-electron chi connectivity index (χ4n) is 3.22. The summed E-state index contributed by atoms with van der Waals surface area (Å²) in [6, 6.07) is 10.4. The molecule has 0 bridgehead atoms. The number of aromatic nitrogens is 1. The molecule has 7 heteroatoms. The molecule has 1 saturated heterocycles. The quantitative estimate of drug-likeness (QED) is 0.603. The molecule has 6 nitrogen and oxygen atoms in total. The average molecular weight is 415 g/mol. The highest BCUT2D eigenvalue weighted by molar-refractivity contribution is 7.98. The molecule has 1 aliphatic heterocycles. The molecule has 0 radical (unpaired) electrons. The molecule has 3 rings (SSSR count). The Morgan fingerprint density at radius 1 is 1.21 bits per heavy atom. The van der Waals surface area contributed by atoms with E-state index >= 15 is 0 Å². The Hall–Kier alpha value is -2.09. The van der Waals surface area contributed by atoms with Gasteiger partial charge in [0, 0.05) is 39.3 Å². The van der Waals surface area contributed by atoms with Gasteiger partial charge in [-0.05, 0) is 24.0 Å². The van der Waals surface area contributed by atoms with E-state index in [1.165, 1.54) is 11.8 Å². The summed E-state index contributed by atoms with van der Waals surface area (Å²) in [5.74, 6) is 1.49. The van der Waals surface area contributed by atoms with Crippen molar-refractivity contribution in [1.82, 2.24) is 20.1 Å². The van der Waals surface area contributed by atoms with Gasteiger partial charge in [-0.3, -0.25) is 14.6 Å². The summed E-state index contributed by atoms with van der Waals surface area (Å²) in [7, 11) is 0. The number of piperazine rings is 1. The third-order valence-corrected chi connectivity index (χ3v) is 5.59. The average Bonchev–Trinajstić information content (AvgIpc) is 3.22. The molecule has 29 heavy (non-hydrogen) atoms. The molecule has 1 aliphatic rings. The van der Waals surface area contributed by atoms with E-state index in [2.05, 4.69) is 62.8 Å². The molecule has 0 saturated carbocycles. The van der Waals surface area contributed by atoms with Crippen molar-refractivity contribution in [3.63, 3.8) is 0 Å². The van der Waals surface area contributed by atoms with Gasteiger partial charge in [0.2, 0.25) is 5.89 Å². The highest BCUT2D eigenvalue weighted by Crippen LogP contribution is 2.10. The molecular formula is C22H30N4O2S. The lowest BCUT2D eigenvalue weighted by molar-refractivity contribution is 0.0948. The third kappa shape index (κ3) is 7.34. The van der Waals surface area contributed by atoms with Crippen molar-refractivity contribution in [1.29, 1.82) is 0 Å². The first-order valence-corrected chi connectivity index (χ1v) is 11.5. The van der Waals surface area contributed by atoms with Crippen LogP contribution in [0.3, 0.4) is 0 Å². The summed E-state index contributed by atoms with van der Waals surface area (Å²) < 4.78 is 5.51. The number of amides is 1. The third-order valence-electron chi connectivity index (χ3n) is 4.89. The van der Waals surface area contributed by atoms with Crippen molar-refractivity contribution < 1.29 is 9.21 Å². The fourth-order valence-corrected chi connectivity index (χ4v) is 3.65. The molecule has 1 aromatic heterocycles. The summed E-state index contributed by atoms with van der Waals surface area (Å²) in [4.78, 5) is 21.2. The van der Waals surface area contributed by atoms with E-state index in [1.54, 1.807) is 11.8 Å². The van der Waals surface area contributed by atoms with Gasteiger partial charge in [0.15, 0.2) is 5.69 Å². The first-order chi connectivity index (χ1) is 14.2. The molecule has 0 spiro atoms. The van der Waals surface area contributed by atoms with Crippen molar-refractivity contribution in [2.24, 2.45) is 0 Å². The van der Waals surface area contributed by atoms with Crippen molar-refractivity contribution >= 4 is 23.7 Å². The predicted octanol–water partition coefficient (Wildman–Crippen LogP) is 2.99. The normalized spacial score (nSPS) is 15.8. The van der Waals surface area contributed by atoms with Gasteiger partial charge in [-0.15, -0.1) is 0 Å². The zero-order valence-corrected chi connectivity index (χ0v) is 17.9. The number of nitrogens with zero attached hydrogens (tertiary/aromatic N) is 3. The van der Waals surface area contributed by atoms with Crippen LogP contribution in [0.25, 0.3) is 6.08 Å². The van der Waals surface area contributed by atoms with Crippen LogP contribution in [-0.4, -0.2) is 72.0 Å². The number of thioether (sulfide) groups is 1. The van der Waals surface area contributed by atoms with Crippen LogP contribution in [0.1, 0.15) is 28.4 Å². The van der Waals surface area contributed by atoms with Crippen LogP contribution in [0.5, 0.6) is 0 Å². The van der Waals surface area contributed by atoms with Crippen LogP contribution < -0.4 is 5.32 Å². The van der Waals surface area contributed by atoms with E-state index in [4.69, 9.17) is 4.42 Å². The van der Waals surface area contributed by atoms with E-state index < -0.39 is 0 Å². The number of nitrogens with one attached hydrogen (secondary N) is 1. The SMILES string of the molecule is CSCCCNC(=O)c1coc(CN2CCN(CC=Cc3ccccc3)CC2)n1. The summed E-state index contributed by atoms with van der Waals surface area (Å²) in [6.07, 6.45) is 8.88. The minimum atomic E-state index is -0.156. The van der Waals surface area contributed by atoms with Gasteiger partial charge in [-0.1, -0.05) is 42.5 Å². The highest BCUT2D eigenvalue weighted by atomic mass is 32.2. The lowest BCUT2D eigenvalue weighted by Gasteiger charge is -2.33. The van der Waals surface area contributed by atoms with Gasteiger partial charge in [0.05, 0.1) is 6.54 Å². The van der Waals surface area contributed by atoms with Crippen LogP contribution in [0.4, 0.5) is 0 Å². The van der Waals surface area contributed by atoms with Gasteiger partial charge < -0.3 is 9.73 Å². The molecule has 0 atom stereocenters. The predicted molar refractivity (Wildman–Crippen MR) is 119 cm³/mol. The first kappa shape index (κ1) is 21.6. The standard InChI is InChI=1S/C22H30N4O2S/c1-29-16-6-10-23-22(27)20-18-28-21(24-20)17-26-14-12-25(13-15-26)11-5-9-19-7-3-2-4-8-19/h2-5,7-9,18H,6,10-17H2,1H3,(H,23,27). The van der Waals surface area contributed by atoms with E-state index in [-0.39, 0.29) is 5.91 Å². The number of hydrogen-bond acceptors (Lipinski definition) is 6. The number of rotatable bonds is 10. The number of benzene rings is 1. The smallest absolute Gasteiger partial charge is 0.273 e. The van der Waals surface area contributed by atoms with Crippen molar-refractivity contribution in [3.8, 4) is 0 Å². The van der Waals surface area contributed by atoms with Gasteiger partial charge >= 0.3 is 0 Å². The summed E-state index contributed by atoms with van der Waals surface area (Å²) >= 11 is 1.78. The van der Waals surface area contributed by atoms with Gasteiger partial charge in [-0.2, -0.15) is 11.8 Å². The van der Waals surface area contributed by atoms with Crippen molar-refractivity contribution in [2.75, 3.05) is 51.3 Å². The molecule has 1 fully saturated rings. The maximum atomic E-state index is 12.1. The minimum absolute atomic E-state index is 0.156. The Morgan fingerprint density at radius 2 is 1.97 bits per heavy atom. The Kier molecular flexibility index (Phi) is 8.80. The monoisotopic (exact) mass is 414 g/mol. The van der Waals surface area contributed by atoms with E-state index in [0.717, 1.165) is 44.9 Å². The maximum absolute atomic E-state index is 12.1. The van der Waals surface area contributed by atoms with Crippen molar-refractivity contribution in [2.45, 2.75) is 13.0 Å². The summed E-state index contributed by atoms with van der Waals surface area (Å²) in [5, 5.41) is 2.89. The number of oxazole rings is 1. The molecule has 1 N–H and O–H groups in total. The fraction of sp³-hybridized carbons (Fsp3) is 0.455. The van der Waals surface area contributed by atoms with Gasteiger partial charge in [0.1, 0.15) is 6.26 Å². The molecule has 1 amide bonds. The lowest BCUT2D eigenvalue weighted by atomic mass is 10.2. The van der Waals surface area contributed by atoms with Crippen LogP contribution in [-0.2, 0) is 6.54 Å². The molecule has 0 unspecified atom stereocenters. The van der Waals surface area contributed by atoms with Gasteiger partial charge in [-0.25, -0.2) is 4.98 Å². The Labute approximate surface area is 177 Å². The van der Waals surface area contributed by atoms with E-state index in [0.29, 0.717) is 24.7 Å². The molecule has 2 heterocycles. The Morgan fingerprint density at radius 3 is 2.72 bits per heavy atom. The van der Waals surface area contributed by atoms with E-state index in [9.17, 15) is 4.79 Å². The van der Waals surface area contributed by atoms with Gasteiger partial charge in [0.25, 0.3) is 5.91 Å². The zero-order valence-electron chi connectivity index (χ0n) is 17.0. The van der Waals surface area contributed by atoms with E-state index in [1.807, 2.05) is 6.07 Å². The lowest BCUT2D eigenvalue weighted by Crippen LogP contribution is -2.45. The largest absolute Gasteiger partial charge is 0.447 e. The second-order valence-electron chi connectivity index (χ2n) is 7.12. The molecule has 1 aromatic carbocycles. The maximum Gasteiger partial charge on any atom is 0.273 e.